The summed E-state index contributed by atoms with van der Waals surface area (Å²) in [4.78, 5) is 10.7. The van der Waals surface area contributed by atoms with Crippen LogP contribution in [0.4, 0.5) is 0 Å². The maximum atomic E-state index is 10.7. The molecule has 0 saturated heterocycles. The van der Waals surface area contributed by atoms with Crippen molar-refractivity contribution in [2.24, 2.45) is 11.7 Å². The number of hydrogen-bond acceptors (Lipinski definition) is 2. The molecule has 0 aromatic carbocycles. The summed E-state index contributed by atoms with van der Waals surface area (Å²) in [6.07, 6.45) is 2.53. The van der Waals surface area contributed by atoms with Gasteiger partial charge in [0.1, 0.15) is 5.78 Å². The minimum atomic E-state index is -0.540. The fraction of sp³-hybridized carbons (Fsp3) is 0.571. The smallest absolute Gasteiger partial charge is 0.150 e. The molecule has 1 aliphatic carbocycles. The molecule has 1 unspecified atom stereocenters. The highest BCUT2D eigenvalue weighted by molar-refractivity contribution is 5.90. The lowest BCUT2D eigenvalue weighted by molar-refractivity contribution is -0.119. The molecule has 0 heterocycles. The summed E-state index contributed by atoms with van der Waals surface area (Å²) in [6.45, 7) is 5.10. The lowest BCUT2D eigenvalue weighted by atomic mass is 10.1. The maximum Gasteiger partial charge on any atom is 0.150 e. The Hall–Kier alpha value is -0.340. The van der Waals surface area contributed by atoms with Crippen molar-refractivity contribution >= 4 is 18.2 Å². The van der Waals surface area contributed by atoms with Crippen LogP contribution in [0.1, 0.15) is 13.3 Å². The number of halogens is 1. The van der Waals surface area contributed by atoms with E-state index in [1.54, 1.807) is 6.08 Å². The highest BCUT2D eigenvalue weighted by Crippen LogP contribution is 2.42. The third-order valence-electron chi connectivity index (χ3n) is 2.00. The van der Waals surface area contributed by atoms with E-state index in [2.05, 4.69) is 6.58 Å². The van der Waals surface area contributed by atoms with Gasteiger partial charge in [-0.15, -0.1) is 19.0 Å². The highest BCUT2D eigenvalue weighted by Gasteiger charge is 2.52. The van der Waals surface area contributed by atoms with Gasteiger partial charge in [0.15, 0.2) is 0 Å². The molecule has 2 atom stereocenters. The molecule has 1 aliphatic rings. The number of Topliss-reactive ketones (excluding diaryl/α,β-unsaturated/α-hetero) is 1. The minimum Gasteiger partial charge on any atom is -0.318 e. The van der Waals surface area contributed by atoms with Gasteiger partial charge < -0.3 is 5.73 Å². The Bertz CT molecular complexity index is 169. The molecule has 0 amide bonds. The first-order valence-corrected chi connectivity index (χ1v) is 3.03. The van der Waals surface area contributed by atoms with Crippen molar-refractivity contribution in [3.05, 3.63) is 12.7 Å². The first-order chi connectivity index (χ1) is 4.11. The normalized spacial score (nSPS) is 36.0. The number of nitrogens with two attached hydrogens (primary N) is 1. The zero-order valence-corrected chi connectivity index (χ0v) is 6.78. The molecule has 10 heavy (non-hydrogen) atoms. The lowest BCUT2D eigenvalue weighted by Gasteiger charge is -2.01. The third-order valence-corrected chi connectivity index (χ3v) is 2.00. The fourth-order valence-corrected chi connectivity index (χ4v) is 1.00. The van der Waals surface area contributed by atoms with E-state index in [1.165, 1.54) is 6.92 Å². The first kappa shape index (κ1) is 9.66. The molecule has 0 aromatic rings. The Morgan fingerprint density at radius 2 is 2.40 bits per heavy atom. The van der Waals surface area contributed by atoms with Crippen LogP contribution in [0.3, 0.4) is 0 Å². The van der Waals surface area contributed by atoms with Gasteiger partial charge in [-0.2, -0.15) is 0 Å². The second kappa shape index (κ2) is 2.72. The Morgan fingerprint density at radius 3 is 2.50 bits per heavy atom. The summed E-state index contributed by atoms with van der Waals surface area (Å²) in [6, 6.07) is 0. The van der Waals surface area contributed by atoms with Gasteiger partial charge in [0.25, 0.3) is 0 Å². The molecule has 0 aromatic heterocycles. The van der Waals surface area contributed by atoms with Crippen LogP contribution in [0, 0.1) is 5.92 Å². The SMILES string of the molecule is C=C[C@@H]1CC1(N)C(C)=O.Cl. The van der Waals surface area contributed by atoms with Crippen molar-refractivity contribution in [3.63, 3.8) is 0 Å². The molecule has 1 fully saturated rings. The summed E-state index contributed by atoms with van der Waals surface area (Å²) >= 11 is 0. The Labute approximate surface area is 66.9 Å². The highest BCUT2D eigenvalue weighted by atomic mass is 35.5. The summed E-state index contributed by atoms with van der Waals surface area (Å²) in [7, 11) is 0. The van der Waals surface area contributed by atoms with Crippen molar-refractivity contribution < 1.29 is 4.79 Å². The van der Waals surface area contributed by atoms with E-state index in [1.807, 2.05) is 0 Å². The van der Waals surface area contributed by atoms with Gasteiger partial charge in [0.05, 0.1) is 5.54 Å². The van der Waals surface area contributed by atoms with Crippen molar-refractivity contribution in [2.45, 2.75) is 18.9 Å². The second-order valence-corrected chi connectivity index (χ2v) is 2.64. The average Bonchev–Trinajstić information content (AvgIpc) is 2.44. The van der Waals surface area contributed by atoms with Crippen molar-refractivity contribution in [2.75, 3.05) is 0 Å². The van der Waals surface area contributed by atoms with Crippen LogP contribution in [0.15, 0.2) is 12.7 Å². The van der Waals surface area contributed by atoms with Crippen LogP contribution >= 0.6 is 12.4 Å². The van der Waals surface area contributed by atoms with Crippen LogP contribution in [0.2, 0.25) is 0 Å². The fourth-order valence-electron chi connectivity index (χ4n) is 1.00. The van der Waals surface area contributed by atoms with E-state index in [-0.39, 0.29) is 24.1 Å². The predicted octanol–water partition coefficient (Wildman–Crippen LogP) is 0.901. The van der Waals surface area contributed by atoms with E-state index in [4.69, 9.17) is 5.73 Å². The topological polar surface area (TPSA) is 43.1 Å². The van der Waals surface area contributed by atoms with Crippen LogP contribution < -0.4 is 5.73 Å². The molecule has 1 rings (SSSR count). The standard InChI is InChI=1S/C7H11NO.ClH/c1-3-6-4-7(6,8)5(2)9;/h3,6H,1,4,8H2,2H3;1H/t6-,7?;/m1./s1. The lowest BCUT2D eigenvalue weighted by Crippen LogP contribution is -2.32. The molecular weight excluding hydrogens is 150 g/mol. The molecule has 0 bridgehead atoms. The van der Waals surface area contributed by atoms with E-state index in [0.29, 0.717) is 0 Å². The third kappa shape index (κ3) is 1.22. The summed E-state index contributed by atoms with van der Waals surface area (Å²) in [5.74, 6) is 0.308. The Morgan fingerprint density at radius 1 is 1.90 bits per heavy atom. The molecule has 2 nitrogen and oxygen atoms in total. The molecule has 1 saturated carbocycles. The van der Waals surface area contributed by atoms with Crippen molar-refractivity contribution in [3.8, 4) is 0 Å². The molecule has 58 valence electrons. The Balaban J connectivity index is 0.000000810. The van der Waals surface area contributed by atoms with Crippen LogP contribution in [0.5, 0.6) is 0 Å². The van der Waals surface area contributed by atoms with Gasteiger partial charge in [-0.05, 0) is 13.3 Å². The Kier molecular flexibility index (Phi) is 2.63. The van der Waals surface area contributed by atoms with Crippen molar-refractivity contribution in [1.82, 2.24) is 0 Å². The summed E-state index contributed by atoms with van der Waals surface area (Å²) in [5, 5.41) is 0. The molecule has 3 heteroatoms. The summed E-state index contributed by atoms with van der Waals surface area (Å²) in [5.41, 5.74) is 5.08. The van der Waals surface area contributed by atoms with Gasteiger partial charge >= 0.3 is 0 Å². The van der Waals surface area contributed by atoms with E-state index >= 15 is 0 Å². The average molecular weight is 162 g/mol. The van der Waals surface area contributed by atoms with Gasteiger partial charge in [-0.3, -0.25) is 4.79 Å². The van der Waals surface area contributed by atoms with Crippen LogP contribution in [0.25, 0.3) is 0 Å². The van der Waals surface area contributed by atoms with Crippen LogP contribution in [-0.4, -0.2) is 11.3 Å². The van der Waals surface area contributed by atoms with Gasteiger partial charge in [0.2, 0.25) is 0 Å². The number of carbonyl (C=O) groups is 1. The van der Waals surface area contributed by atoms with E-state index in [0.717, 1.165) is 6.42 Å². The molecule has 0 spiro atoms. The van der Waals surface area contributed by atoms with Gasteiger partial charge in [0, 0.05) is 5.92 Å². The van der Waals surface area contributed by atoms with Crippen LogP contribution in [-0.2, 0) is 4.79 Å². The van der Waals surface area contributed by atoms with E-state index in [9.17, 15) is 4.79 Å². The quantitative estimate of drug-likeness (QED) is 0.612. The largest absolute Gasteiger partial charge is 0.318 e. The molecule has 0 radical (unpaired) electrons. The number of hydrogen-bond donors (Lipinski definition) is 1. The van der Waals surface area contributed by atoms with Crippen molar-refractivity contribution in [1.29, 1.82) is 0 Å². The maximum absolute atomic E-state index is 10.7. The predicted molar refractivity (Wildman–Crippen MR) is 43.2 cm³/mol. The van der Waals surface area contributed by atoms with E-state index < -0.39 is 5.54 Å². The number of carbonyl (C=O) groups excluding carboxylic acids is 1. The molecule has 2 N–H and O–H groups in total. The zero-order valence-electron chi connectivity index (χ0n) is 5.96. The second-order valence-electron chi connectivity index (χ2n) is 2.64. The molecule has 0 aliphatic heterocycles. The van der Waals surface area contributed by atoms with Gasteiger partial charge in [-0.25, -0.2) is 0 Å². The molecular formula is C7H12ClNO. The first-order valence-electron chi connectivity index (χ1n) is 3.03. The summed E-state index contributed by atoms with van der Waals surface area (Å²) < 4.78 is 0. The monoisotopic (exact) mass is 161 g/mol. The minimum absolute atomic E-state index is 0. The number of ketones is 1. The zero-order chi connectivity index (χ0) is 7.07. The number of rotatable bonds is 2. The van der Waals surface area contributed by atoms with Gasteiger partial charge in [-0.1, -0.05) is 6.08 Å².